The molecule has 6 heteroatoms. The first-order valence-corrected chi connectivity index (χ1v) is 11.9. The Morgan fingerprint density at radius 2 is 1.62 bits per heavy atom. The fourth-order valence-corrected chi connectivity index (χ4v) is 5.00. The Balaban J connectivity index is 1.42. The van der Waals surface area contributed by atoms with Gasteiger partial charge in [0.1, 0.15) is 0 Å². The largest absolute Gasteiger partial charge is 0.380 e. The third kappa shape index (κ3) is 7.06. The highest BCUT2D eigenvalue weighted by Gasteiger charge is 2.29. The van der Waals surface area contributed by atoms with Crippen LogP contribution in [-0.2, 0) is 14.8 Å². The molecule has 0 heterocycles. The summed E-state index contributed by atoms with van der Waals surface area (Å²) in [5.41, 5.74) is 1.05. The number of hydrogen-bond acceptors (Lipinski definition) is 4. The van der Waals surface area contributed by atoms with Gasteiger partial charge in [-0.05, 0) is 63.5 Å². The van der Waals surface area contributed by atoms with Gasteiger partial charge in [0.2, 0.25) is 10.0 Å². The number of hydrogen-bond donors (Lipinski definition) is 2. The Morgan fingerprint density at radius 3 is 2.31 bits per heavy atom. The van der Waals surface area contributed by atoms with E-state index < -0.39 is 10.0 Å². The fourth-order valence-electron chi connectivity index (χ4n) is 3.69. The lowest BCUT2D eigenvalue weighted by molar-refractivity contribution is 0.143. The minimum absolute atomic E-state index is 0.0906. The van der Waals surface area contributed by atoms with Crippen molar-refractivity contribution in [2.45, 2.75) is 56.5 Å². The van der Waals surface area contributed by atoms with Crippen LogP contribution in [-0.4, -0.2) is 40.3 Å². The van der Waals surface area contributed by atoms with E-state index in [0.29, 0.717) is 24.7 Å². The molecule has 1 aromatic carbocycles. The smallest absolute Gasteiger partial charge is 0.240 e. The summed E-state index contributed by atoms with van der Waals surface area (Å²) >= 11 is 0. The van der Waals surface area contributed by atoms with Gasteiger partial charge in [0.15, 0.2) is 0 Å². The highest BCUT2D eigenvalue weighted by atomic mass is 32.2. The van der Waals surface area contributed by atoms with Crippen LogP contribution in [0.3, 0.4) is 0 Å². The van der Waals surface area contributed by atoms with Crippen LogP contribution in [0.5, 0.6) is 0 Å². The second-order valence-electron chi connectivity index (χ2n) is 7.92. The van der Waals surface area contributed by atoms with Crippen molar-refractivity contribution < 1.29 is 13.2 Å². The normalized spacial score (nSPS) is 24.6. The first-order valence-electron chi connectivity index (χ1n) is 10.4. The van der Waals surface area contributed by atoms with E-state index >= 15 is 0 Å². The van der Waals surface area contributed by atoms with E-state index in [-0.39, 0.29) is 12.1 Å². The summed E-state index contributed by atoms with van der Waals surface area (Å²) in [6, 6.07) is 7.04. The molecule has 0 aliphatic heterocycles. The summed E-state index contributed by atoms with van der Waals surface area (Å²) in [5.74, 6) is 2.41. The number of aryl methyl sites for hydroxylation is 1. The molecule has 0 amide bonds. The molecule has 2 aliphatic rings. The van der Waals surface area contributed by atoms with Crippen LogP contribution in [0.15, 0.2) is 29.2 Å². The second kappa shape index (κ2) is 10.9. The molecule has 2 unspecified atom stereocenters. The van der Waals surface area contributed by atoms with Crippen molar-refractivity contribution in [1.29, 1.82) is 0 Å². The zero-order valence-corrected chi connectivity index (χ0v) is 18.2. The Bertz CT molecular complexity index is 712. The van der Waals surface area contributed by atoms with Crippen molar-refractivity contribution in [2.24, 2.45) is 0 Å². The summed E-state index contributed by atoms with van der Waals surface area (Å²) in [6.45, 7) is 5.92. The van der Waals surface area contributed by atoms with E-state index in [4.69, 9.17) is 4.74 Å². The maximum Gasteiger partial charge on any atom is 0.240 e. The van der Waals surface area contributed by atoms with Crippen LogP contribution in [0.1, 0.15) is 38.2 Å². The van der Waals surface area contributed by atoms with Gasteiger partial charge in [-0.15, -0.1) is 0 Å². The molecule has 0 spiro atoms. The van der Waals surface area contributed by atoms with Crippen LogP contribution in [0.2, 0.25) is 0 Å². The number of sulfonamides is 1. The molecule has 29 heavy (non-hydrogen) atoms. The van der Waals surface area contributed by atoms with E-state index in [1.165, 1.54) is 5.92 Å². The molecule has 2 fully saturated rings. The SMILES string of the molecule is C[C]1[CH][CH][C](COCCNC2CCCCC2NS(=O)(=O)c2ccc(C)cc2)[CH][CH]1. The van der Waals surface area contributed by atoms with Crippen LogP contribution < -0.4 is 10.0 Å². The van der Waals surface area contributed by atoms with Crippen molar-refractivity contribution in [3.63, 3.8) is 0 Å². The van der Waals surface area contributed by atoms with Gasteiger partial charge in [-0.1, -0.05) is 37.5 Å². The first-order chi connectivity index (χ1) is 13.9. The second-order valence-corrected chi connectivity index (χ2v) is 9.64. The highest BCUT2D eigenvalue weighted by molar-refractivity contribution is 7.89. The lowest BCUT2D eigenvalue weighted by Gasteiger charge is -2.33. The lowest BCUT2D eigenvalue weighted by Crippen LogP contribution is -2.52. The maximum absolute atomic E-state index is 12.8. The molecule has 2 atom stereocenters. The Labute approximate surface area is 177 Å². The van der Waals surface area contributed by atoms with Crippen LogP contribution in [0.4, 0.5) is 0 Å². The van der Waals surface area contributed by atoms with Crippen LogP contribution >= 0.6 is 0 Å². The van der Waals surface area contributed by atoms with Crippen molar-refractivity contribution >= 4 is 10.0 Å². The van der Waals surface area contributed by atoms with E-state index in [9.17, 15) is 8.42 Å². The Kier molecular flexibility index (Phi) is 8.54. The predicted octanol–water partition coefficient (Wildman–Crippen LogP) is 3.19. The predicted molar refractivity (Wildman–Crippen MR) is 116 cm³/mol. The van der Waals surface area contributed by atoms with Gasteiger partial charge in [-0.2, -0.15) is 0 Å². The molecule has 0 bridgehead atoms. The first kappa shape index (κ1) is 22.7. The number of benzene rings is 1. The molecular formula is C23H32N2O3S. The summed E-state index contributed by atoms with van der Waals surface area (Å²) < 4.78 is 34.2. The molecule has 0 aromatic heterocycles. The number of rotatable bonds is 9. The molecule has 2 aliphatic carbocycles. The van der Waals surface area contributed by atoms with Gasteiger partial charge in [0.05, 0.1) is 18.1 Å². The number of nitrogens with one attached hydrogen (secondary N) is 2. The average Bonchev–Trinajstić information content (AvgIpc) is 2.70. The van der Waals surface area contributed by atoms with Gasteiger partial charge in [0.25, 0.3) is 0 Å². The van der Waals surface area contributed by atoms with Gasteiger partial charge >= 0.3 is 0 Å². The quantitative estimate of drug-likeness (QED) is 0.607. The van der Waals surface area contributed by atoms with Crippen molar-refractivity contribution in [3.8, 4) is 0 Å². The summed E-state index contributed by atoms with van der Waals surface area (Å²) in [5, 5.41) is 3.50. The van der Waals surface area contributed by atoms with Crippen LogP contribution in [0, 0.1) is 44.4 Å². The van der Waals surface area contributed by atoms with Gasteiger partial charge in [-0.3, -0.25) is 0 Å². The molecule has 5 nitrogen and oxygen atoms in total. The standard InChI is InChI=1S/C23H32N2O3S/c1-18-7-11-20(12-8-18)17-28-16-15-24-22-5-3-4-6-23(22)25-29(26,27)21-13-9-19(2)10-14-21/h7-14,22-25H,3-6,15-17H2,1-2H3. The van der Waals surface area contributed by atoms with E-state index in [1.54, 1.807) is 12.1 Å². The Hall–Kier alpha value is -0.950. The fraction of sp³-hybridized carbons (Fsp3) is 0.478. The van der Waals surface area contributed by atoms with E-state index in [0.717, 1.165) is 37.2 Å². The monoisotopic (exact) mass is 416 g/mol. The maximum atomic E-state index is 12.8. The minimum atomic E-state index is -3.51. The highest BCUT2D eigenvalue weighted by Crippen LogP contribution is 2.27. The molecule has 6 radical (unpaired) electrons. The molecule has 2 saturated carbocycles. The zero-order chi connectivity index (χ0) is 20.7. The summed E-state index contributed by atoms with van der Waals surface area (Å²) in [4.78, 5) is 0.328. The number of ether oxygens (including phenoxy) is 1. The zero-order valence-electron chi connectivity index (χ0n) is 17.4. The summed E-state index contributed by atoms with van der Waals surface area (Å²) in [6.07, 6.45) is 12.3. The summed E-state index contributed by atoms with van der Waals surface area (Å²) in [7, 11) is -3.51. The van der Waals surface area contributed by atoms with E-state index in [2.05, 4.69) is 42.6 Å². The molecule has 0 saturated heterocycles. The third-order valence-electron chi connectivity index (χ3n) is 5.45. The Morgan fingerprint density at radius 1 is 0.966 bits per heavy atom. The van der Waals surface area contributed by atoms with Crippen molar-refractivity contribution in [1.82, 2.24) is 10.0 Å². The van der Waals surface area contributed by atoms with Gasteiger partial charge in [-0.25, -0.2) is 13.1 Å². The van der Waals surface area contributed by atoms with Crippen molar-refractivity contribution in [2.75, 3.05) is 19.8 Å². The average molecular weight is 417 g/mol. The van der Waals surface area contributed by atoms with Gasteiger partial charge < -0.3 is 10.1 Å². The molecule has 1 aromatic rings. The molecule has 2 N–H and O–H groups in total. The molecule has 158 valence electrons. The van der Waals surface area contributed by atoms with E-state index in [1.807, 2.05) is 19.1 Å². The van der Waals surface area contributed by atoms with Gasteiger partial charge in [0, 0.05) is 24.5 Å². The topological polar surface area (TPSA) is 67.4 Å². The minimum Gasteiger partial charge on any atom is -0.380 e. The van der Waals surface area contributed by atoms with Crippen LogP contribution in [0.25, 0.3) is 0 Å². The third-order valence-corrected chi connectivity index (χ3v) is 6.95. The molecule has 3 rings (SSSR count). The van der Waals surface area contributed by atoms with Crippen molar-refractivity contribution in [3.05, 3.63) is 67.3 Å². The lowest BCUT2D eigenvalue weighted by atomic mass is 9.83. The molecular weight excluding hydrogens is 384 g/mol.